The van der Waals surface area contributed by atoms with Crippen molar-refractivity contribution >= 4 is 28.2 Å². The molecule has 0 radical (unpaired) electrons. The number of nitrogens with zero attached hydrogens (tertiary/aromatic N) is 2. The van der Waals surface area contributed by atoms with Gasteiger partial charge in [0.2, 0.25) is 0 Å². The maximum atomic E-state index is 12.6. The van der Waals surface area contributed by atoms with E-state index in [-0.39, 0.29) is 11.9 Å². The minimum Gasteiger partial charge on any atom is -0.465 e. The summed E-state index contributed by atoms with van der Waals surface area (Å²) >= 11 is 1.47. The van der Waals surface area contributed by atoms with Crippen molar-refractivity contribution in [3.05, 3.63) is 33.5 Å². The fourth-order valence-electron chi connectivity index (χ4n) is 2.95. The van der Waals surface area contributed by atoms with Crippen molar-refractivity contribution in [1.29, 1.82) is 0 Å². The number of hydrogen-bond donors (Lipinski definition) is 1. The van der Waals surface area contributed by atoms with Crippen molar-refractivity contribution in [2.45, 2.75) is 39.7 Å². The van der Waals surface area contributed by atoms with Gasteiger partial charge in [-0.05, 0) is 44.7 Å². The molecule has 0 saturated heterocycles. The smallest absolute Gasteiger partial charge is 0.341 e. The molecular formula is C16H19N3O3S. The first-order valence-electron chi connectivity index (χ1n) is 7.63. The lowest BCUT2D eigenvalue weighted by Crippen LogP contribution is -2.18. The minimum atomic E-state index is -0.389. The van der Waals surface area contributed by atoms with Crippen LogP contribution in [0.5, 0.6) is 0 Å². The first-order chi connectivity index (χ1) is 11.0. The molecule has 1 amide bonds. The van der Waals surface area contributed by atoms with Crippen molar-refractivity contribution in [1.82, 2.24) is 9.78 Å². The highest BCUT2D eigenvalue weighted by atomic mass is 32.1. The summed E-state index contributed by atoms with van der Waals surface area (Å²) < 4.78 is 6.55. The Hall–Kier alpha value is -2.15. The SMILES string of the molecule is CCn1nc(C)cc1C(=O)Nc1sc2c(c1C(=O)OC)CCC2. The van der Waals surface area contributed by atoms with Gasteiger partial charge in [-0.2, -0.15) is 5.10 Å². The lowest BCUT2D eigenvalue weighted by Gasteiger charge is -2.08. The summed E-state index contributed by atoms with van der Waals surface area (Å²) in [6, 6.07) is 1.75. The minimum absolute atomic E-state index is 0.252. The van der Waals surface area contributed by atoms with E-state index in [9.17, 15) is 9.59 Å². The summed E-state index contributed by atoms with van der Waals surface area (Å²) in [7, 11) is 1.36. The monoisotopic (exact) mass is 333 g/mol. The maximum Gasteiger partial charge on any atom is 0.341 e. The number of amides is 1. The highest BCUT2D eigenvalue weighted by molar-refractivity contribution is 7.17. The molecule has 0 bridgehead atoms. The third-order valence-electron chi connectivity index (χ3n) is 3.97. The van der Waals surface area contributed by atoms with Crippen LogP contribution >= 0.6 is 11.3 Å². The summed E-state index contributed by atoms with van der Waals surface area (Å²) in [4.78, 5) is 25.9. The van der Waals surface area contributed by atoms with Crippen LogP contribution in [0.3, 0.4) is 0 Å². The predicted molar refractivity (Wildman–Crippen MR) is 88.3 cm³/mol. The Kier molecular flexibility index (Phi) is 4.21. The predicted octanol–water partition coefficient (Wildman–Crippen LogP) is 2.80. The summed E-state index contributed by atoms with van der Waals surface area (Å²) in [5.74, 6) is -0.641. The van der Waals surface area contributed by atoms with Gasteiger partial charge in [0.1, 0.15) is 10.7 Å². The number of thiophene rings is 1. The Balaban J connectivity index is 1.94. The standard InChI is InChI=1S/C16H19N3O3S/c1-4-19-11(8-9(2)18-19)14(20)17-15-13(16(21)22-3)10-6-5-7-12(10)23-15/h8H,4-7H2,1-3H3,(H,17,20). The molecule has 7 heteroatoms. The first kappa shape index (κ1) is 15.7. The number of rotatable bonds is 4. The molecule has 1 aliphatic carbocycles. The van der Waals surface area contributed by atoms with E-state index in [2.05, 4.69) is 10.4 Å². The van der Waals surface area contributed by atoms with E-state index < -0.39 is 0 Å². The molecule has 23 heavy (non-hydrogen) atoms. The van der Waals surface area contributed by atoms with E-state index in [1.54, 1.807) is 10.7 Å². The third-order valence-corrected chi connectivity index (χ3v) is 5.18. The van der Waals surface area contributed by atoms with Gasteiger partial charge in [0, 0.05) is 11.4 Å². The molecule has 3 rings (SSSR count). The number of nitrogens with one attached hydrogen (secondary N) is 1. The van der Waals surface area contributed by atoms with E-state index in [0.717, 1.165) is 30.5 Å². The number of aryl methyl sites for hydroxylation is 3. The molecule has 6 nitrogen and oxygen atoms in total. The molecular weight excluding hydrogens is 314 g/mol. The Morgan fingerprint density at radius 3 is 2.91 bits per heavy atom. The molecule has 122 valence electrons. The normalized spacial score (nSPS) is 13.0. The second-order valence-electron chi connectivity index (χ2n) is 5.49. The summed E-state index contributed by atoms with van der Waals surface area (Å²) in [6.07, 6.45) is 2.85. The zero-order valence-electron chi connectivity index (χ0n) is 13.4. The average molecular weight is 333 g/mol. The Labute approximate surface area is 138 Å². The van der Waals surface area contributed by atoms with Crippen LogP contribution in [0.25, 0.3) is 0 Å². The van der Waals surface area contributed by atoms with Gasteiger partial charge in [-0.1, -0.05) is 0 Å². The number of carbonyl (C=O) groups is 2. The first-order valence-corrected chi connectivity index (χ1v) is 8.45. The number of hydrogen-bond acceptors (Lipinski definition) is 5. The summed E-state index contributed by atoms with van der Waals surface area (Å²) in [5, 5.41) is 7.74. The zero-order valence-corrected chi connectivity index (χ0v) is 14.2. The van der Waals surface area contributed by atoms with Crippen molar-refractivity contribution in [2.24, 2.45) is 0 Å². The largest absolute Gasteiger partial charge is 0.465 e. The molecule has 1 N–H and O–H groups in total. The van der Waals surface area contributed by atoms with Crippen LogP contribution in [0.1, 0.15) is 50.3 Å². The molecule has 0 unspecified atom stereocenters. The van der Waals surface area contributed by atoms with Crippen molar-refractivity contribution in [3.8, 4) is 0 Å². The van der Waals surface area contributed by atoms with E-state index in [1.807, 2.05) is 13.8 Å². The Morgan fingerprint density at radius 2 is 2.22 bits per heavy atom. The van der Waals surface area contributed by atoms with Gasteiger partial charge in [-0.15, -0.1) is 11.3 Å². The van der Waals surface area contributed by atoms with Crippen LogP contribution in [0.15, 0.2) is 6.07 Å². The average Bonchev–Trinajstić information content (AvgIpc) is 3.20. The van der Waals surface area contributed by atoms with Crippen LogP contribution in [-0.4, -0.2) is 28.8 Å². The fourth-order valence-corrected chi connectivity index (χ4v) is 4.22. The van der Waals surface area contributed by atoms with Gasteiger partial charge in [-0.3, -0.25) is 9.48 Å². The van der Waals surface area contributed by atoms with Crippen LogP contribution in [-0.2, 0) is 24.1 Å². The Morgan fingerprint density at radius 1 is 1.43 bits per heavy atom. The van der Waals surface area contributed by atoms with E-state index >= 15 is 0 Å². The number of aromatic nitrogens is 2. The third kappa shape index (κ3) is 2.76. The summed E-state index contributed by atoms with van der Waals surface area (Å²) in [6.45, 7) is 4.40. The van der Waals surface area contributed by atoms with E-state index in [4.69, 9.17) is 4.74 Å². The number of ether oxygens (including phenoxy) is 1. The Bertz CT molecular complexity index is 776. The van der Waals surface area contributed by atoms with Gasteiger partial charge < -0.3 is 10.1 Å². The zero-order chi connectivity index (χ0) is 16.6. The molecule has 1 aliphatic rings. The number of esters is 1. The second-order valence-corrected chi connectivity index (χ2v) is 6.60. The molecule has 2 aromatic heterocycles. The molecule has 2 heterocycles. The molecule has 0 aromatic carbocycles. The summed E-state index contributed by atoms with van der Waals surface area (Å²) in [5.41, 5.74) is 2.82. The highest BCUT2D eigenvalue weighted by Gasteiger charge is 2.28. The van der Waals surface area contributed by atoms with Crippen LogP contribution in [0.2, 0.25) is 0 Å². The van der Waals surface area contributed by atoms with Crippen LogP contribution in [0, 0.1) is 6.92 Å². The van der Waals surface area contributed by atoms with Crippen LogP contribution < -0.4 is 5.32 Å². The second kappa shape index (κ2) is 6.16. The van der Waals surface area contributed by atoms with Crippen molar-refractivity contribution in [3.63, 3.8) is 0 Å². The molecule has 2 aromatic rings. The van der Waals surface area contributed by atoms with Gasteiger partial charge in [0.05, 0.1) is 18.4 Å². The molecule has 0 saturated carbocycles. The van der Waals surface area contributed by atoms with E-state index in [1.165, 1.54) is 23.3 Å². The van der Waals surface area contributed by atoms with Crippen molar-refractivity contribution < 1.29 is 14.3 Å². The molecule has 0 atom stereocenters. The number of carbonyl (C=O) groups excluding carboxylic acids is 2. The fraction of sp³-hybridized carbons (Fsp3) is 0.438. The van der Waals surface area contributed by atoms with Crippen LogP contribution in [0.4, 0.5) is 5.00 Å². The van der Waals surface area contributed by atoms with Crippen molar-refractivity contribution in [2.75, 3.05) is 12.4 Å². The highest BCUT2D eigenvalue weighted by Crippen LogP contribution is 2.39. The molecule has 0 fully saturated rings. The quantitative estimate of drug-likeness (QED) is 0.873. The number of methoxy groups -OCH3 is 1. The maximum absolute atomic E-state index is 12.6. The lowest BCUT2D eigenvalue weighted by atomic mass is 10.1. The number of fused-ring (bicyclic) bond motifs is 1. The van der Waals surface area contributed by atoms with Gasteiger partial charge in [0.15, 0.2) is 0 Å². The van der Waals surface area contributed by atoms with E-state index in [0.29, 0.717) is 22.8 Å². The van der Waals surface area contributed by atoms with Gasteiger partial charge >= 0.3 is 5.97 Å². The molecule has 0 aliphatic heterocycles. The molecule has 0 spiro atoms. The lowest BCUT2D eigenvalue weighted by molar-refractivity contribution is 0.0601. The number of anilines is 1. The topological polar surface area (TPSA) is 73.2 Å². The van der Waals surface area contributed by atoms with Gasteiger partial charge in [0.25, 0.3) is 5.91 Å². The van der Waals surface area contributed by atoms with Gasteiger partial charge in [-0.25, -0.2) is 4.79 Å².